The van der Waals surface area contributed by atoms with Gasteiger partial charge in [-0.2, -0.15) is 0 Å². The van der Waals surface area contributed by atoms with Gasteiger partial charge >= 0.3 is 11.8 Å². The predicted molar refractivity (Wildman–Crippen MR) is 106 cm³/mol. The van der Waals surface area contributed by atoms with E-state index in [0.29, 0.717) is 5.69 Å². The molecular formula is C21H24F2N4O2. The number of nitrogens with one attached hydrogen (secondary N) is 2. The van der Waals surface area contributed by atoms with Crippen molar-refractivity contribution in [2.24, 2.45) is 0 Å². The molecule has 1 aliphatic rings. The van der Waals surface area contributed by atoms with Gasteiger partial charge in [0.25, 0.3) is 0 Å². The van der Waals surface area contributed by atoms with E-state index in [9.17, 15) is 18.4 Å². The van der Waals surface area contributed by atoms with Crippen LogP contribution in [-0.4, -0.2) is 61.4 Å². The molecule has 0 bridgehead atoms. The minimum Gasteiger partial charge on any atom is -0.346 e. The zero-order chi connectivity index (χ0) is 20.8. The lowest BCUT2D eigenvalue weighted by molar-refractivity contribution is -0.136. The molecule has 8 heteroatoms. The van der Waals surface area contributed by atoms with Gasteiger partial charge in [0.2, 0.25) is 0 Å². The lowest BCUT2D eigenvalue weighted by Gasteiger charge is -2.38. The highest BCUT2D eigenvalue weighted by Gasteiger charge is 2.25. The highest BCUT2D eigenvalue weighted by Crippen LogP contribution is 2.22. The third-order valence-electron chi connectivity index (χ3n) is 5.00. The van der Waals surface area contributed by atoms with Gasteiger partial charge in [0.05, 0.1) is 6.04 Å². The van der Waals surface area contributed by atoms with Crippen LogP contribution in [0.4, 0.5) is 14.5 Å². The van der Waals surface area contributed by atoms with Crippen molar-refractivity contribution in [1.82, 2.24) is 15.1 Å². The number of nitrogens with zero attached hydrogens (tertiary/aromatic N) is 2. The summed E-state index contributed by atoms with van der Waals surface area (Å²) in [5.41, 5.74) is 1.20. The predicted octanol–water partition coefficient (Wildman–Crippen LogP) is 2.01. The highest BCUT2D eigenvalue weighted by atomic mass is 19.1. The van der Waals surface area contributed by atoms with Crippen molar-refractivity contribution in [3.63, 3.8) is 0 Å². The van der Waals surface area contributed by atoms with Crippen molar-refractivity contribution in [3.8, 4) is 0 Å². The Bertz CT molecular complexity index is 835. The maximum Gasteiger partial charge on any atom is 0.313 e. The van der Waals surface area contributed by atoms with Gasteiger partial charge in [-0.3, -0.25) is 14.5 Å². The zero-order valence-electron chi connectivity index (χ0n) is 16.2. The number of anilines is 1. The Morgan fingerprint density at radius 2 is 1.45 bits per heavy atom. The number of likely N-dealkylation sites (N-methyl/N-ethyl adjacent to an activating group) is 1. The SMILES string of the molecule is CN1CCN([C@H](CNC(=O)C(=O)Nc2ccc(F)cc2)c2ccc(F)cc2)CC1. The van der Waals surface area contributed by atoms with Crippen molar-refractivity contribution >= 4 is 17.5 Å². The summed E-state index contributed by atoms with van der Waals surface area (Å²) in [6.45, 7) is 3.59. The maximum absolute atomic E-state index is 13.3. The molecule has 154 valence electrons. The van der Waals surface area contributed by atoms with Gasteiger partial charge in [0.1, 0.15) is 11.6 Å². The van der Waals surface area contributed by atoms with E-state index in [1.165, 1.54) is 36.4 Å². The molecule has 3 rings (SSSR count). The second-order valence-corrected chi connectivity index (χ2v) is 7.08. The molecule has 1 heterocycles. The Morgan fingerprint density at radius 1 is 0.897 bits per heavy atom. The van der Waals surface area contributed by atoms with E-state index in [0.717, 1.165) is 31.7 Å². The third kappa shape index (κ3) is 5.82. The van der Waals surface area contributed by atoms with E-state index in [2.05, 4.69) is 20.4 Å². The van der Waals surface area contributed by atoms with Crippen LogP contribution >= 0.6 is 0 Å². The molecule has 2 aromatic carbocycles. The number of rotatable bonds is 5. The average molecular weight is 402 g/mol. The number of carbonyl (C=O) groups excluding carboxylic acids is 2. The molecule has 2 amide bonds. The summed E-state index contributed by atoms with van der Waals surface area (Å²) in [5, 5.41) is 5.10. The molecule has 0 unspecified atom stereocenters. The fraction of sp³-hybridized carbons (Fsp3) is 0.333. The summed E-state index contributed by atoms with van der Waals surface area (Å²) in [6, 6.07) is 11.2. The maximum atomic E-state index is 13.3. The first-order valence-electron chi connectivity index (χ1n) is 9.45. The summed E-state index contributed by atoms with van der Waals surface area (Å²) in [7, 11) is 2.05. The second kappa shape index (κ2) is 9.58. The molecule has 0 aromatic heterocycles. The second-order valence-electron chi connectivity index (χ2n) is 7.08. The summed E-state index contributed by atoms with van der Waals surface area (Å²) in [4.78, 5) is 28.8. The molecule has 1 fully saturated rings. The minimum atomic E-state index is -0.826. The van der Waals surface area contributed by atoms with Gasteiger partial charge in [-0.15, -0.1) is 0 Å². The highest BCUT2D eigenvalue weighted by molar-refractivity contribution is 6.39. The van der Waals surface area contributed by atoms with Gasteiger partial charge in [-0.05, 0) is 49.0 Å². The molecule has 0 radical (unpaired) electrons. The molecule has 0 aliphatic carbocycles. The monoisotopic (exact) mass is 402 g/mol. The van der Waals surface area contributed by atoms with Crippen molar-refractivity contribution in [2.75, 3.05) is 45.1 Å². The molecule has 29 heavy (non-hydrogen) atoms. The summed E-state index contributed by atoms with van der Waals surface area (Å²) < 4.78 is 26.3. The largest absolute Gasteiger partial charge is 0.346 e. The average Bonchev–Trinajstić information content (AvgIpc) is 2.72. The van der Waals surface area contributed by atoms with Crippen LogP contribution in [0.5, 0.6) is 0 Å². The number of hydrogen-bond acceptors (Lipinski definition) is 4. The quantitative estimate of drug-likeness (QED) is 0.751. The van der Waals surface area contributed by atoms with Crippen molar-refractivity contribution in [1.29, 1.82) is 0 Å². The molecule has 0 spiro atoms. The number of benzene rings is 2. The standard InChI is InChI=1S/C21H24F2N4O2/c1-26-10-12-27(13-11-26)19(15-2-4-16(22)5-3-15)14-24-20(28)21(29)25-18-8-6-17(23)7-9-18/h2-9,19H,10-14H2,1H3,(H,24,28)(H,25,29)/t19-/m1/s1. The minimum absolute atomic E-state index is 0.174. The number of halogens is 2. The molecule has 1 atom stereocenters. The molecule has 2 N–H and O–H groups in total. The van der Waals surface area contributed by atoms with E-state index >= 15 is 0 Å². The Balaban J connectivity index is 1.63. The Labute approximate surface area is 168 Å². The third-order valence-corrected chi connectivity index (χ3v) is 5.00. The van der Waals surface area contributed by atoms with Crippen LogP contribution in [0.1, 0.15) is 11.6 Å². The zero-order valence-corrected chi connectivity index (χ0v) is 16.2. The normalized spacial score (nSPS) is 16.2. The number of piperazine rings is 1. The van der Waals surface area contributed by atoms with Crippen molar-refractivity contribution < 1.29 is 18.4 Å². The fourth-order valence-corrected chi connectivity index (χ4v) is 3.27. The van der Waals surface area contributed by atoms with Gasteiger partial charge in [0, 0.05) is 38.4 Å². The first-order chi connectivity index (χ1) is 13.9. The number of hydrogen-bond donors (Lipinski definition) is 2. The number of amides is 2. The van der Waals surface area contributed by atoms with Gasteiger partial charge in [-0.1, -0.05) is 12.1 Å². The summed E-state index contributed by atoms with van der Waals surface area (Å²) in [5.74, 6) is -2.36. The smallest absolute Gasteiger partial charge is 0.313 e. The van der Waals surface area contributed by atoms with E-state index in [4.69, 9.17) is 0 Å². The van der Waals surface area contributed by atoms with Crippen LogP contribution in [0.15, 0.2) is 48.5 Å². The van der Waals surface area contributed by atoms with Crippen molar-refractivity contribution in [2.45, 2.75) is 6.04 Å². The van der Waals surface area contributed by atoms with Crippen LogP contribution in [-0.2, 0) is 9.59 Å². The Morgan fingerprint density at radius 3 is 2.03 bits per heavy atom. The first-order valence-corrected chi connectivity index (χ1v) is 9.45. The number of carbonyl (C=O) groups is 2. The van der Waals surface area contributed by atoms with E-state index in [1.54, 1.807) is 12.1 Å². The van der Waals surface area contributed by atoms with Crippen LogP contribution in [0.2, 0.25) is 0 Å². The van der Waals surface area contributed by atoms with E-state index in [1.807, 2.05) is 7.05 Å². The van der Waals surface area contributed by atoms with Crippen molar-refractivity contribution in [3.05, 3.63) is 65.7 Å². The first kappa shape index (κ1) is 20.9. The van der Waals surface area contributed by atoms with Crippen LogP contribution in [0.25, 0.3) is 0 Å². The van der Waals surface area contributed by atoms with Crippen LogP contribution < -0.4 is 10.6 Å². The lowest BCUT2D eigenvalue weighted by Crippen LogP contribution is -2.49. The molecule has 2 aromatic rings. The summed E-state index contributed by atoms with van der Waals surface area (Å²) >= 11 is 0. The fourth-order valence-electron chi connectivity index (χ4n) is 3.27. The van der Waals surface area contributed by atoms with Gasteiger partial charge in [0.15, 0.2) is 0 Å². The van der Waals surface area contributed by atoms with E-state index in [-0.39, 0.29) is 18.4 Å². The molecule has 1 saturated heterocycles. The molecule has 0 saturated carbocycles. The van der Waals surface area contributed by atoms with Crippen LogP contribution in [0.3, 0.4) is 0 Å². The molecular weight excluding hydrogens is 378 g/mol. The summed E-state index contributed by atoms with van der Waals surface area (Å²) in [6.07, 6.45) is 0. The van der Waals surface area contributed by atoms with Gasteiger partial charge in [-0.25, -0.2) is 8.78 Å². The Kier molecular flexibility index (Phi) is 6.90. The van der Waals surface area contributed by atoms with Gasteiger partial charge < -0.3 is 15.5 Å². The van der Waals surface area contributed by atoms with Crippen LogP contribution in [0, 0.1) is 11.6 Å². The van der Waals surface area contributed by atoms with E-state index < -0.39 is 17.6 Å². The molecule has 1 aliphatic heterocycles. The topological polar surface area (TPSA) is 64.7 Å². The lowest BCUT2D eigenvalue weighted by atomic mass is 10.0. The Hall–Kier alpha value is -2.84. The molecule has 6 nitrogen and oxygen atoms in total.